The van der Waals surface area contributed by atoms with Gasteiger partial charge < -0.3 is 19.4 Å². The Hall–Kier alpha value is -5.63. The number of aromatic nitrogens is 6. The lowest BCUT2D eigenvalue weighted by atomic mass is 9.87. The van der Waals surface area contributed by atoms with Crippen LogP contribution in [0.4, 0.5) is 10.2 Å². The first-order valence-electron chi connectivity index (χ1n) is 21.4. The lowest BCUT2D eigenvalue weighted by Gasteiger charge is -2.35. The molecule has 0 amide bonds. The van der Waals surface area contributed by atoms with E-state index in [1.807, 2.05) is 42.6 Å². The number of H-pyrrole nitrogens is 2. The van der Waals surface area contributed by atoms with Crippen LogP contribution in [-0.4, -0.2) is 72.5 Å². The molecule has 2 fully saturated rings. The second-order valence-electron chi connectivity index (χ2n) is 16.3. The summed E-state index contributed by atoms with van der Waals surface area (Å²) in [5.74, 6) is 2.05. The highest BCUT2D eigenvalue weighted by Gasteiger charge is 2.54. The maximum Gasteiger partial charge on any atom is 0.162 e. The van der Waals surface area contributed by atoms with Gasteiger partial charge in [-0.15, -0.1) is 0 Å². The Morgan fingerprint density at radius 2 is 1.84 bits per heavy atom. The maximum atomic E-state index is 14.4. The molecule has 3 N–H and O–H groups in total. The van der Waals surface area contributed by atoms with E-state index in [4.69, 9.17) is 31.0 Å². The summed E-state index contributed by atoms with van der Waals surface area (Å²) in [5, 5.41) is 9.51. The average Bonchev–Trinajstić information content (AvgIpc) is 3.74. The van der Waals surface area contributed by atoms with E-state index >= 15 is 0 Å². The van der Waals surface area contributed by atoms with Crippen LogP contribution >= 0.6 is 11.6 Å². The molecule has 5 heterocycles. The molecular weight excluding hydrogens is 823 g/mol. The summed E-state index contributed by atoms with van der Waals surface area (Å²) in [5.41, 5.74) is 8.06. The highest BCUT2D eigenvalue weighted by atomic mass is 35.5. The summed E-state index contributed by atoms with van der Waals surface area (Å²) in [6.45, 7) is 6.64. The molecule has 2 atom stereocenters. The molecule has 11 nitrogen and oxygen atoms in total. The first-order valence-corrected chi connectivity index (χ1v) is 23.5. The van der Waals surface area contributed by atoms with E-state index in [9.17, 15) is 13.4 Å². The fourth-order valence-electron chi connectivity index (χ4n) is 8.74. The van der Waals surface area contributed by atoms with Gasteiger partial charge in [0.2, 0.25) is 0 Å². The van der Waals surface area contributed by atoms with Crippen molar-refractivity contribution in [1.82, 2.24) is 30.1 Å². The number of ether oxygens (including phenoxy) is 2. The maximum absolute atomic E-state index is 14.4. The number of nitrogens with one attached hydrogen (secondary N) is 3. The summed E-state index contributed by atoms with van der Waals surface area (Å²) < 4.78 is 48.9. The van der Waals surface area contributed by atoms with Crippen molar-refractivity contribution in [1.29, 1.82) is 4.78 Å². The van der Waals surface area contributed by atoms with Gasteiger partial charge >= 0.3 is 0 Å². The zero-order chi connectivity index (χ0) is 42.8. The van der Waals surface area contributed by atoms with Crippen LogP contribution in [0, 0.1) is 10.6 Å². The number of pyridine rings is 1. The van der Waals surface area contributed by atoms with E-state index in [2.05, 4.69) is 63.2 Å². The minimum atomic E-state index is -3.01. The van der Waals surface area contributed by atoms with Crippen LogP contribution in [0.15, 0.2) is 97.5 Å². The van der Waals surface area contributed by atoms with Crippen molar-refractivity contribution in [3.63, 3.8) is 0 Å². The first-order chi connectivity index (χ1) is 30.1. The molecule has 9 rings (SSSR count). The molecule has 1 saturated heterocycles. The molecule has 14 heteroatoms. The Morgan fingerprint density at radius 1 is 1.02 bits per heavy atom. The topological polar surface area (TPSA) is 146 Å². The van der Waals surface area contributed by atoms with Crippen LogP contribution in [0.1, 0.15) is 81.2 Å². The van der Waals surface area contributed by atoms with Crippen molar-refractivity contribution in [2.45, 2.75) is 69.6 Å². The number of hydrogen-bond acceptors (Lipinski definition) is 9. The monoisotopic (exact) mass is 872 g/mol. The van der Waals surface area contributed by atoms with Crippen LogP contribution in [0.3, 0.4) is 0 Å². The summed E-state index contributed by atoms with van der Waals surface area (Å²) in [6.07, 6.45) is 10.7. The molecule has 0 bridgehead atoms. The summed E-state index contributed by atoms with van der Waals surface area (Å²) in [7, 11) is -3.01. The van der Waals surface area contributed by atoms with Gasteiger partial charge in [0.1, 0.15) is 23.0 Å². The number of unbranched alkanes of at least 4 members (excludes halogenated alkanes) is 3. The molecule has 1 saturated carbocycles. The van der Waals surface area contributed by atoms with Crippen LogP contribution in [0.25, 0.3) is 44.5 Å². The van der Waals surface area contributed by atoms with E-state index in [1.54, 1.807) is 18.5 Å². The zero-order valence-corrected chi connectivity index (χ0v) is 36.5. The number of nitrogens with zero attached hydrogens (tertiary/aromatic N) is 5. The van der Waals surface area contributed by atoms with Crippen LogP contribution in [0.5, 0.6) is 5.75 Å². The number of halogens is 2. The molecule has 0 spiro atoms. The van der Waals surface area contributed by atoms with Gasteiger partial charge in [0.25, 0.3) is 0 Å². The molecule has 1 unspecified atom stereocenters. The fraction of sp³-hybridized carbons (Fsp3) is 0.333. The number of morpholine rings is 1. The van der Waals surface area contributed by atoms with E-state index in [1.165, 1.54) is 12.1 Å². The van der Waals surface area contributed by atoms with Gasteiger partial charge in [-0.1, -0.05) is 55.6 Å². The molecular formula is C48H50ClFN8O3S. The Bertz CT molecular complexity index is 2870. The van der Waals surface area contributed by atoms with Gasteiger partial charge in [0.15, 0.2) is 5.82 Å². The molecule has 3 aromatic carbocycles. The lowest BCUT2D eigenvalue weighted by molar-refractivity contribution is 0.0985. The number of hydrogen-bond donors (Lipinski definition) is 3. The lowest BCUT2D eigenvalue weighted by Crippen LogP contribution is -2.44. The number of anilines is 1. The highest BCUT2D eigenvalue weighted by Crippen LogP contribution is 2.54. The Kier molecular flexibility index (Phi) is 11.9. The minimum Gasteiger partial charge on any atom is -0.494 e. The standard InChI is InChI=1S/C48H50ClFN8O3S/c1-3-37(38-14-11-35(50)27-41(38)49)45(33-10-15-42-34(26-33)29-54-57-42)32-8-12-36(13-9-32)61-23-6-4-5-7-25-62(51,59)48(18-19-48)43-28-44(58-22-24-60-30-31(58)2)56-47(55-43)40-17-21-53-46-39(40)16-20-52-46/h8-17,20-21,26-29,31,51H,3-7,18-19,22-25,30H2,1-2H3,(H,52,53)(H,54,57)/b45-37+/t31-,62?/m1/s1. The first kappa shape index (κ1) is 41.7. The van der Waals surface area contributed by atoms with Crippen molar-refractivity contribution in [2.75, 3.05) is 37.0 Å². The summed E-state index contributed by atoms with van der Waals surface area (Å²) in [4.78, 5) is 20.0. The third kappa shape index (κ3) is 8.33. The summed E-state index contributed by atoms with van der Waals surface area (Å²) >= 11 is 6.62. The predicted octanol–water partition coefficient (Wildman–Crippen LogP) is 11.0. The number of fused-ring (bicyclic) bond motifs is 2. The van der Waals surface area contributed by atoms with E-state index < -0.39 is 14.5 Å². The van der Waals surface area contributed by atoms with Gasteiger partial charge in [0.05, 0.1) is 62.8 Å². The average molecular weight is 873 g/mol. The Balaban J connectivity index is 0.845. The quantitative estimate of drug-likeness (QED) is 0.0643. The molecule has 320 valence electrons. The van der Waals surface area contributed by atoms with E-state index in [0.29, 0.717) is 74.3 Å². The smallest absolute Gasteiger partial charge is 0.162 e. The molecule has 2 aliphatic rings. The van der Waals surface area contributed by atoms with Gasteiger partial charge in [-0.05, 0) is 115 Å². The van der Waals surface area contributed by atoms with Gasteiger partial charge in [0, 0.05) is 47.1 Å². The molecule has 4 aromatic heterocycles. The summed E-state index contributed by atoms with van der Waals surface area (Å²) in [6, 6.07) is 24.8. The fourth-order valence-corrected chi connectivity index (χ4v) is 11.2. The molecule has 7 aromatic rings. The van der Waals surface area contributed by atoms with Crippen LogP contribution in [-0.2, 0) is 19.2 Å². The van der Waals surface area contributed by atoms with Crippen molar-refractivity contribution in [3.8, 4) is 17.1 Å². The number of allylic oxidation sites excluding steroid dienone is 1. The Labute approximate surface area is 366 Å². The van der Waals surface area contributed by atoms with E-state index in [0.717, 1.165) is 86.2 Å². The minimum absolute atomic E-state index is 0.121. The second kappa shape index (κ2) is 17.6. The SMILES string of the molecule is CC/C(=C(/c1ccc(OCCCCCCS(=N)(=O)C2(c3cc(N4CCOC[C@H]4C)nc(-c4ccnc5[nH]ccc45)n3)CC2)cc1)c1ccc2[nH]ncc2c1)c1ccc(F)cc1Cl. The van der Waals surface area contributed by atoms with Crippen molar-refractivity contribution in [3.05, 3.63) is 131 Å². The molecule has 1 aliphatic heterocycles. The Morgan fingerprint density at radius 3 is 2.63 bits per heavy atom. The largest absolute Gasteiger partial charge is 0.494 e. The molecule has 0 radical (unpaired) electrons. The third-order valence-electron chi connectivity index (χ3n) is 12.3. The zero-order valence-electron chi connectivity index (χ0n) is 34.9. The normalized spacial score (nSPS) is 17.5. The van der Waals surface area contributed by atoms with Gasteiger partial charge in [-0.25, -0.2) is 23.6 Å². The number of rotatable bonds is 16. The second-order valence-corrected chi connectivity index (χ2v) is 19.3. The number of benzene rings is 3. The van der Waals surface area contributed by atoms with Gasteiger partial charge in [-0.2, -0.15) is 5.10 Å². The van der Waals surface area contributed by atoms with E-state index in [-0.39, 0.29) is 11.9 Å². The van der Waals surface area contributed by atoms with Crippen molar-refractivity contribution in [2.24, 2.45) is 0 Å². The molecule has 62 heavy (non-hydrogen) atoms. The molecule has 1 aliphatic carbocycles. The van der Waals surface area contributed by atoms with Crippen molar-refractivity contribution >= 4 is 60.2 Å². The van der Waals surface area contributed by atoms with Gasteiger partial charge in [-0.3, -0.25) is 9.88 Å². The van der Waals surface area contributed by atoms with Crippen molar-refractivity contribution < 1.29 is 18.1 Å². The third-order valence-corrected chi connectivity index (χ3v) is 15.3. The number of aromatic amines is 2. The van der Waals surface area contributed by atoms with Crippen LogP contribution in [0.2, 0.25) is 5.02 Å². The predicted molar refractivity (Wildman–Crippen MR) is 246 cm³/mol. The van der Waals surface area contributed by atoms with Crippen LogP contribution < -0.4 is 9.64 Å². The highest BCUT2D eigenvalue weighted by molar-refractivity contribution is 7.93.